The van der Waals surface area contributed by atoms with E-state index in [1.54, 1.807) is 0 Å². The summed E-state index contributed by atoms with van der Waals surface area (Å²) in [6, 6.07) is 0. The van der Waals surface area contributed by atoms with E-state index in [2.05, 4.69) is 17.1 Å². The van der Waals surface area contributed by atoms with E-state index in [-0.39, 0.29) is 6.10 Å². The van der Waals surface area contributed by atoms with Crippen LogP contribution in [-0.4, -0.2) is 48.8 Å². The summed E-state index contributed by atoms with van der Waals surface area (Å²) in [5, 5.41) is 13.3. The normalized spacial score (nSPS) is 22.1. The number of rotatable bonds is 10. The molecule has 3 nitrogen and oxygen atoms in total. The lowest BCUT2D eigenvalue weighted by molar-refractivity contribution is 0.106. The molecule has 2 rings (SSSR count). The first-order valence-electron chi connectivity index (χ1n) is 7.39. The summed E-state index contributed by atoms with van der Waals surface area (Å²) >= 11 is 0. The Morgan fingerprint density at radius 1 is 1.18 bits per heavy atom. The van der Waals surface area contributed by atoms with Gasteiger partial charge in [-0.05, 0) is 50.5 Å². The first-order valence-corrected chi connectivity index (χ1v) is 7.39. The van der Waals surface area contributed by atoms with Gasteiger partial charge < -0.3 is 15.3 Å². The molecule has 0 bridgehead atoms. The van der Waals surface area contributed by atoms with Gasteiger partial charge in [0.1, 0.15) is 0 Å². The Hall–Kier alpha value is -0.120. The van der Waals surface area contributed by atoms with Crippen LogP contribution in [0.1, 0.15) is 39.0 Å². The SMILES string of the molecule is CCCNCC(O)CN(CC1CC1)CC1CC1. The molecule has 0 heterocycles. The lowest BCUT2D eigenvalue weighted by atomic mass is 10.2. The van der Waals surface area contributed by atoms with Gasteiger partial charge in [0.05, 0.1) is 6.10 Å². The number of aliphatic hydroxyl groups excluding tert-OH is 1. The highest BCUT2D eigenvalue weighted by molar-refractivity contribution is 4.83. The highest BCUT2D eigenvalue weighted by Gasteiger charge is 2.29. The van der Waals surface area contributed by atoms with Crippen molar-refractivity contribution in [1.82, 2.24) is 10.2 Å². The van der Waals surface area contributed by atoms with E-state index in [1.807, 2.05) is 0 Å². The van der Waals surface area contributed by atoms with Gasteiger partial charge in [-0.25, -0.2) is 0 Å². The predicted molar refractivity (Wildman–Crippen MR) is 71.1 cm³/mol. The lowest BCUT2D eigenvalue weighted by Gasteiger charge is -2.25. The molecule has 0 aromatic carbocycles. The van der Waals surface area contributed by atoms with Gasteiger partial charge in [0.15, 0.2) is 0 Å². The van der Waals surface area contributed by atoms with Crippen LogP contribution in [0.15, 0.2) is 0 Å². The Labute approximate surface area is 106 Å². The molecule has 0 aromatic rings. The quantitative estimate of drug-likeness (QED) is 0.568. The molecule has 2 aliphatic rings. The molecule has 0 spiro atoms. The van der Waals surface area contributed by atoms with E-state index in [9.17, 15) is 5.11 Å². The third kappa shape index (κ3) is 5.84. The lowest BCUT2D eigenvalue weighted by Crippen LogP contribution is -2.40. The Morgan fingerprint density at radius 3 is 2.24 bits per heavy atom. The van der Waals surface area contributed by atoms with E-state index < -0.39 is 0 Å². The number of hydrogen-bond donors (Lipinski definition) is 2. The minimum Gasteiger partial charge on any atom is -0.390 e. The van der Waals surface area contributed by atoms with Crippen LogP contribution in [0.3, 0.4) is 0 Å². The average molecular weight is 240 g/mol. The molecule has 0 aliphatic heterocycles. The van der Waals surface area contributed by atoms with Gasteiger partial charge in [0.25, 0.3) is 0 Å². The Morgan fingerprint density at radius 2 is 1.76 bits per heavy atom. The van der Waals surface area contributed by atoms with Gasteiger partial charge in [-0.2, -0.15) is 0 Å². The highest BCUT2D eigenvalue weighted by Crippen LogP contribution is 2.33. The molecule has 1 unspecified atom stereocenters. The number of nitrogens with one attached hydrogen (secondary N) is 1. The summed E-state index contributed by atoms with van der Waals surface area (Å²) in [5.74, 6) is 1.87. The van der Waals surface area contributed by atoms with Crippen molar-refractivity contribution < 1.29 is 5.11 Å². The van der Waals surface area contributed by atoms with Gasteiger partial charge in [-0.1, -0.05) is 6.92 Å². The predicted octanol–water partition coefficient (Wildman–Crippen LogP) is 1.47. The van der Waals surface area contributed by atoms with Crippen LogP contribution in [0.5, 0.6) is 0 Å². The van der Waals surface area contributed by atoms with Crippen LogP contribution in [0.25, 0.3) is 0 Å². The summed E-state index contributed by atoms with van der Waals surface area (Å²) in [5.41, 5.74) is 0. The minimum atomic E-state index is -0.195. The molecule has 0 radical (unpaired) electrons. The van der Waals surface area contributed by atoms with Crippen LogP contribution in [0.2, 0.25) is 0 Å². The van der Waals surface area contributed by atoms with Crippen molar-refractivity contribution in [1.29, 1.82) is 0 Å². The zero-order chi connectivity index (χ0) is 12.1. The smallest absolute Gasteiger partial charge is 0.0791 e. The van der Waals surface area contributed by atoms with Crippen molar-refractivity contribution in [3.05, 3.63) is 0 Å². The van der Waals surface area contributed by atoms with E-state index >= 15 is 0 Å². The van der Waals surface area contributed by atoms with Gasteiger partial charge in [-0.3, -0.25) is 0 Å². The summed E-state index contributed by atoms with van der Waals surface area (Å²) in [4.78, 5) is 2.51. The zero-order valence-electron chi connectivity index (χ0n) is 11.2. The largest absolute Gasteiger partial charge is 0.390 e. The molecule has 0 saturated heterocycles. The standard InChI is InChI=1S/C14H28N2O/c1-2-7-15-8-14(17)11-16(9-12-3-4-12)10-13-5-6-13/h12-15,17H,2-11H2,1H3. The van der Waals surface area contributed by atoms with Gasteiger partial charge in [-0.15, -0.1) is 0 Å². The van der Waals surface area contributed by atoms with E-state index in [1.165, 1.54) is 38.8 Å². The number of hydrogen-bond acceptors (Lipinski definition) is 3. The highest BCUT2D eigenvalue weighted by atomic mass is 16.3. The molecule has 2 aliphatic carbocycles. The summed E-state index contributed by atoms with van der Waals surface area (Å²) in [7, 11) is 0. The van der Waals surface area contributed by atoms with Crippen molar-refractivity contribution in [2.45, 2.75) is 45.1 Å². The number of nitrogens with zero attached hydrogens (tertiary/aromatic N) is 1. The van der Waals surface area contributed by atoms with Crippen molar-refractivity contribution in [3.8, 4) is 0 Å². The fourth-order valence-electron chi connectivity index (χ4n) is 2.36. The first kappa shape index (κ1) is 13.3. The van der Waals surface area contributed by atoms with E-state index in [0.29, 0.717) is 0 Å². The second-order valence-corrected chi connectivity index (χ2v) is 5.96. The summed E-state index contributed by atoms with van der Waals surface area (Å²) in [6.07, 6.45) is 6.58. The topological polar surface area (TPSA) is 35.5 Å². The molecule has 2 saturated carbocycles. The van der Waals surface area contributed by atoms with E-state index in [0.717, 1.165) is 37.9 Å². The maximum atomic E-state index is 10.0. The van der Waals surface area contributed by atoms with E-state index in [4.69, 9.17) is 0 Å². The number of aliphatic hydroxyl groups is 1. The van der Waals surface area contributed by atoms with Crippen molar-refractivity contribution in [3.63, 3.8) is 0 Å². The molecular formula is C14H28N2O. The Balaban J connectivity index is 1.62. The van der Waals surface area contributed by atoms with Gasteiger partial charge in [0.2, 0.25) is 0 Å². The second kappa shape index (κ2) is 6.72. The Bertz CT molecular complexity index is 200. The summed E-state index contributed by atoms with van der Waals surface area (Å²) < 4.78 is 0. The Kier molecular flexibility index (Phi) is 5.26. The third-order valence-electron chi connectivity index (χ3n) is 3.70. The zero-order valence-corrected chi connectivity index (χ0v) is 11.2. The molecule has 100 valence electrons. The first-order chi connectivity index (χ1) is 8.28. The maximum Gasteiger partial charge on any atom is 0.0791 e. The minimum absolute atomic E-state index is 0.195. The van der Waals surface area contributed by atoms with Crippen molar-refractivity contribution in [2.75, 3.05) is 32.7 Å². The molecule has 0 amide bonds. The van der Waals surface area contributed by atoms with Crippen molar-refractivity contribution in [2.24, 2.45) is 11.8 Å². The maximum absolute atomic E-state index is 10.0. The van der Waals surface area contributed by atoms with Crippen LogP contribution in [0, 0.1) is 11.8 Å². The van der Waals surface area contributed by atoms with Crippen LogP contribution in [-0.2, 0) is 0 Å². The van der Waals surface area contributed by atoms with Crippen LogP contribution in [0.4, 0.5) is 0 Å². The van der Waals surface area contributed by atoms with Crippen LogP contribution < -0.4 is 5.32 Å². The molecule has 17 heavy (non-hydrogen) atoms. The molecule has 2 fully saturated rings. The fraction of sp³-hybridized carbons (Fsp3) is 1.00. The monoisotopic (exact) mass is 240 g/mol. The molecular weight excluding hydrogens is 212 g/mol. The van der Waals surface area contributed by atoms with Gasteiger partial charge >= 0.3 is 0 Å². The van der Waals surface area contributed by atoms with Crippen molar-refractivity contribution >= 4 is 0 Å². The van der Waals surface area contributed by atoms with Crippen LogP contribution >= 0.6 is 0 Å². The van der Waals surface area contributed by atoms with Gasteiger partial charge in [0, 0.05) is 26.2 Å². The summed E-state index contributed by atoms with van der Waals surface area (Å²) in [6.45, 7) is 7.24. The molecule has 1 atom stereocenters. The second-order valence-electron chi connectivity index (χ2n) is 5.96. The average Bonchev–Trinajstić information content (AvgIpc) is 3.14. The fourth-order valence-corrected chi connectivity index (χ4v) is 2.36. The molecule has 0 aromatic heterocycles. The molecule has 3 heteroatoms. The molecule has 2 N–H and O–H groups in total. The third-order valence-corrected chi connectivity index (χ3v) is 3.70.